The van der Waals surface area contributed by atoms with Gasteiger partial charge in [-0.05, 0) is 64.1 Å². The standard InChI is InChI=1S/C22H17FO2S/c1-26(24,25)19-12-8-16(9-13-19)22-20-5-3-2-4-17(20)14-21(22)15-6-10-18(23)11-7-15/h2-13H,14H2,1H3. The molecule has 1 aliphatic rings. The summed E-state index contributed by atoms with van der Waals surface area (Å²) < 4.78 is 36.8. The maximum absolute atomic E-state index is 13.3. The fourth-order valence-corrected chi connectivity index (χ4v) is 4.09. The molecule has 0 bridgehead atoms. The van der Waals surface area contributed by atoms with E-state index >= 15 is 0 Å². The molecule has 0 saturated carbocycles. The van der Waals surface area contributed by atoms with Gasteiger partial charge < -0.3 is 0 Å². The van der Waals surface area contributed by atoms with Crippen molar-refractivity contribution in [2.45, 2.75) is 11.3 Å². The highest BCUT2D eigenvalue weighted by atomic mass is 32.2. The van der Waals surface area contributed by atoms with Crippen molar-refractivity contribution < 1.29 is 12.8 Å². The van der Waals surface area contributed by atoms with Crippen molar-refractivity contribution in [2.75, 3.05) is 6.26 Å². The van der Waals surface area contributed by atoms with Gasteiger partial charge in [0.1, 0.15) is 5.82 Å². The number of hydrogen-bond donors (Lipinski definition) is 0. The molecule has 0 atom stereocenters. The van der Waals surface area contributed by atoms with E-state index in [0.29, 0.717) is 4.90 Å². The molecule has 4 heteroatoms. The highest BCUT2D eigenvalue weighted by Crippen LogP contribution is 2.42. The summed E-state index contributed by atoms with van der Waals surface area (Å²) in [5.41, 5.74) is 6.49. The second-order valence-corrected chi connectivity index (χ2v) is 8.51. The third-order valence-electron chi connectivity index (χ3n) is 4.72. The Balaban J connectivity index is 1.90. The molecule has 0 radical (unpaired) electrons. The first-order valence-electron chi connectivity index (χ1n) is 8.31. The molecule has 0 spiro atoms. The van der Waals surface area contributed by atoms with Gasteiger partial charge in [-0.3, -0.25) is 0 Å². The first kappa shape index (κ1) is 16.7. The lowest BCUT2D eigenvalue weighted by Crippen LogP contribution is -1.97. The Morgan fingerprint density at radius 3 is 2.08 bits per heavy atom. The van der Waals surface area contributed by atoms with Crippen molar-refractivity contribution in [2.24, 2.45) is 0 Å². The average Bonchev–Trinajstić information content (AvgIpc) is 3.01. The van der Waals surface area contributed by atoms with Crippen molar-refractivity contribution in [3.05, 3.63) is 101 Å². The summed E-state index contributed by atoms with van der Waals surface area (Å²) >= 11 is 0. The molecule has 3 aromatic rings. The summed E-state index contributed by atoms with van der Waals surface area (Å²) in [5.74, 6) is -0.260. The van der Waals surface area contributed by atoms with Crippen LogP contribution in [0.1, 0.15) is 22.3 Å². The topological polar surface area (TPSA) is 34.1 Å². The van der Waals surface area contributed by atoms with Gasteiger partial charge in [-0.1, -0.05) is 48.5 Å². The molecule has 130 valence electrons. The molecule has 0 aliphatic heterocycles. The zero-order valence-corrected chi connectivity index (χ0v) is 15.1. The predicted molar refractivity (Wildman–Crippen MR) is 102 cm³/mol. The zero-order chi connectivity index (χ0) is 18.3. The number of allylic oxidation sites excluding steroid dienone is 1. The molecule has 3 aromatic carbocycles. The summed E-state index contributed by atoms with van der Waals surface area (Å²) in [6, 6.07) is 21.7. The van der Waals surface area contributed by atoms with Gasteiger partial charge in [0, 0.05) is 6.26 Å². The molecule has 0 heterocycles. The van der Waals surface area contributed by atoms with Gasteiger partial charge in [-0.2, -0.15) is 0 Å². The highest BCUT2D eigenvalue weighted by molar-refractivity contribution is 7.90. The Bertz CT molecular complexity index is 1110. The number of sulfone groups is 1. The lowest BCUT2D eigenvalue weighted by Gasteiger charge is -2.10. The Labute approximate surface area is 152 Å². The molecular formula is C22H17FO2S. The van der Waals surface area contributed by atoms with Gasteiger partial charge in [-0.15, -0.1) is 0 Å². The summed E-state index contributed by atoms with van der Waals surface area (Å²) in [6.07, 6.45) is 1.97. The maximum atomic E-state index is 13.3. The lowest BCUT2D eigenvalue weighted by atomic mass is 9.94. The second kappa shape index (κ2) is 6.22. The minimum absolute atomic E-state index is 0.260. The van der Waals surface area contributed by atoms with Crippen LogP contribution < -0.4 is 0 Å². The third kappa shape index (κ3) is 2.97. The van der Waals surface area contributed by atoms with E-state index in [0.717, 1.165) is 34.3 Å². The van der Waals surface area contributed by atoms with Crippen LogP contribution in [0.5, 0.6) is 0 Å². The largest absolute Gasteiger partial charge is 0.224 e. The van der Waals surface area contributed by atoms with Crippen LogP contribution >= 0.6 is 0 Å². The van der Waals surface area contributed by atoms with Crippen LogP contribution in [0.15, 0.2) is 77.7 Å². The molecule has 0 amide bonds. The summed E-state index contributed by atoms with van der Waals surface area (Å²) in [5, 5.41) is 0. The predicted octanol–water partition coefficient (Wildman–Crippen LogP) is 4.74. The van der Waals surface area contributed by atoms with Gasteiger partial charge in [0.2, 0.25) is 0 Å². The minimum atomic E-state index is -3.23. The number of halogens is 1. The highest BCUT2D eigenvalue weighted by Gasteiger charge is 2.23. The van der Waals surface area contributed by atoms with Gasteiger partial charge >= 0.3 is 0 Å². The average molecular weight is 364 g/mol. The zero-order valence-electron chi connectivity index (χ0n) is 14.2. The van der Waals surface area contributed by atoms with E-state index < -0.39 is 9.84 Å². The van der Waals surface area contributed by atoms with Crippen molar-refractivity contribution in [3.63, 3.8) is 0 Å². The maximum Gasteiger partial charge on any atom is 0.175 e. The summed E-state index contributed by atoms with van der Waals surface area (Å²) in [7, 11) is -3.23. The molecule has 2 nitrogen and oxygen atoms in total. The number of hydrogen-bond acceptors (Lipinski definition) is 2. The first-order chi connectivity index (χ1) is 12.4. The monoisotopic (exact) mass is 364 g/mol. The molecule has 0 saturated heterocycles. The van der Waals surface area contributed by atoms with Crippen LogP contribution in [-0.4, -0.2) is 14.7 Å². The van der Waals surface area contributed by atoms with Crippen molar-refractivity contribution >= 4 is 21.0 Å². The Morgan fingerprint density at radius 2 is 1.42 bits per heavy atom. The van der Waals surface area contributed by atoms with Crippen LogP contribution in [0.2, 0.25) is 0 Å². The fraction of sp³-hybridized carbons (Fsp3) is 0.0909. The van der Waals surface area contributed by atoms with Crippen molar-refractivity contribution in [1.29, 1.82) is 0 Å². The third-order valence-corrected chi connectivity index (χ3v) is 5.85. The number of fused-ring (bicyclic) bond motifs is 1. The van der Waals surface area contributed by atoms with E-state index in [2.05, 4.69) is 12.1 Å². The van der Waals surface area contributed by atoms with E-state index in [-0.39, 0.29) is 5.82 Å². The quantitative estimate of drug-likeness (QED) is 0.672. The van der Waals surface area contributed by atoms with Crippen molar-refractivity contribution in [1.82, 2.24) is 0 Å². The number of benzene rings is 3. The SMILES string of the molecule is CS(=O)(=O)c1ccc(C2=C(c3ccc(F)cc3)Cc3ccccc32)cc1. The second-order valence-electron chi connectivity index (χ2n) is 6.49. The van der Waals surface area contributed by atoms with Gasteiger partial charge in [-0.25, -0.2) is 12.8 Å². The molecule has 1 aliphatic carbocycles. The lowest BCUT2D eigenvalue weighted by molar-refractivity contribution is 0.602. The molecule has 0 N–H and O–H groups in total. The van der Waals surface area contributed by atoms with Gasteiger partial charge in [0.15, 0.2) is 9.84 Å². The molecule has 0 unspecified atom stereocenters. The molecule has 26 heavy (non-hydrogen) atoms. The number of rotatable bonds is 3. The Morgan fingerprint density at radius 1 is 0.808 bits per heavy atom. The smallest absolute Gasteiger partial charge is 0.175 e. The van der Waals surface area contributed by atoms with E-state index in [4.69, 9.17) is 0 Å². The molecular weight excluding hydrogens is 347 g/mol. The van der Waals surface area contributed by atoms with Gasteiger partial charge in [0.25, 0.3) is 0 Å². The fourth-order valence-electron chi connectivity index (χ4n) is 3.46. The van der Waals surface area contributed by atoms with E-state index in [9.17, 15) is 12.8 Å². The van der Waals surface area contributed by atoms with E-state index in [1.807, 2.05) is 24.3 Å². The van der Waals surface area contributed by atoms with Crippen LogP contribution in [0.25, 0.3) is 11.1 Å². The summed E-state index contributed by atoms with van der Waals surface area (Å²) in [6.45, 7) is 0. The van der Waals surface area contributed by atoms with Gasteiger partial charge in [0.05, 0.1) is 4.90 Å². The summed E-state index contributed by atoms with van der Waals surface area (Å²) in [4.78, 5) is 0.302. The van der Waals surface area contributed by atoms with E-state index in [1.165, 1.54) is 24.0 Å². The molecule has 4 rings (SSSR count). The van der Waals surface area contributed by atoms with Crippen LogP contribution in [-0.2, 0) is 16.3 Å². The van der Waals surface area contributed by atoms with Crippen molar-refractivity contribution in [3.8, 4) is 0 Å². The molecule has 0 aromatic heterocycles. The first-order valence-corrected chi connectivity index (χ1v) is 10.2. The molecule has 0 fully saturated rings. The van der Waals surface area contributed by atoms with Crippen LogP contribution in [0.4, 0.5) is 4.39 Å². The normalized spacial score (nSPS) is 13.8. The van der Waals surface area contributed by atoms with E-state index in [1.54, 1.807) is 24.3 Å². The Kier molecular flexibility index (Phi) is 4.00. The Hall–Kier alpha value is -2.72. The van der Waals surface area contributed by atoms with Crippen LogP contribution in [0.3, 0.4) is 0 Å². The van der Waals surface area contributed by atoms with Crippen LogP contribution in [0, 0.1) is 5.82 Å². The minimum Gasteiger partial charge on any atom is -0.224 e.